The second-order valence-electron chi connectivity index (χ2n) is 9.10. The Kier molecular flexibility index (Phi) is 12.2. The Morgan fingerprint density at radius 2 is 0.969 bits per heavy atom. The highest BCUT2D eigenvalue weighted by molar-refractivity contribution is 5.82. The van der Waals surface area contributed by atoms with Crippen molar-refractivity contribution in [3.8, 4) is 11.5 Å². The molecule has 0 heterocycles. The van der Waals surface area contributed by atoms with Crippen LogP contribution in [-0.4, -0.2) is 25.6 Å². The van der Waals surface area contributed by atoms with E-state index in [1.807, 2.05) is 48.5 Å². The van der Waals surface area contributed by atoms with Gasteiger partial charge in [0.25, 0.3) is 0 Å². The van der Waals surface area contributed by atoms with Gasteiger partial charge in [-0.1, -0.05) is 40.5 Å². The minimum absolute atomic E-state index is 0.763. The largest absolute Gasteiger partial charge is 0.494 e. The molecule has 0 saturated carbocycles. The molecule has 32 heavy (non-hydrogen) atoms. The normalized spacial score (nSPS) is 11.8. The molecule has 0 aliphatic heterocycles. The molecule has 0 fully saturated rings. The second-order valence-corrected chi connectivity index (χ2v) is 9.10. The Bertz CT molecular complexity index is 724. The summed E-state index contributed by atoms with van der Waals surface area (Å²) in [6.45, 7) is 10.6. The van der Waals surface area contributed by atoms with Gasteiger partial charge >= 0.3 is 0 Å². The first-order chi connectivity index (χ1) is 15.5. The van der Waals surface area contributed by atoms with Gasteiger partial charge in [-0.2, -0.15) is 10.2 Å². The van der Waals surface area contributed by atoms with Crippen LogP contribution in [0, 0.1) is 11.8 Å². The highest BCUT2D eigenvalue weighted by Gasteiger charge is 1.98. The molecule has 0 aliphatic rings. The Hall–Kier alpha value is -2.62. The van der Waals surface area contributed by atoms with Gasteiger partial charge in [0.15, 0.2) is 0 Å². The van der Waals surface area contributed by atoms with Gasteiger partial charge < -0.3 is 9.47 Å². The zero-order valence-electron chi connectivity index (χ0n) is 20.3. The third-order valence-corrected chi connectivity index (χ3v) is 5.13. The third kappa shape index (κ3) is 11.7. The van der Waals surface area contributed by atoms with E-state index in [9.17, 15) is 0 Å². The molecule has 0 saturated heterocycles. The van der Waals surface area contributed by atoms with E-state index in [4.69, 9.17) is 9.47 Å². The monoisotopic (exact) mass is 436 g/mol. The molecule has 4 heteroatoms. The maximum absolute atomic E-state index is 5.80. The zero-order valence-corrected chi connectivity index (χ0v) is 20.3. The topological polar surface area (TPSA) is 43.2 Å². The lowest BCUT2D eigenvalue weighted by atomic mass is 10.1. The van der Waals surface area contributed by atoms with Crippen molar-refractivity contribution in [2.45, 2.75) is 66.2 Å². The number of hydrogen-bond acceptors (Lipinski definition) is 4. The van der Waals surface area contributed by atoms with Crippen LogP contribution in [0.25, 0.3) is 0 Å². The SMILES string of the molecule is CC(C)CCCCOc1ccc(/C=N\N=C/c2ccc(OCCCCC(C)C)cc2)cc1. The highest BCUT2D eigenvalue weighted by Crippen LogP contribution is 2.14. The molecule has 0 aromatic heterocycles. The van der Waals surface area contributed by atoms with Gasteiger partial charge in [0.1, 0.15) is 11.5 Å². The van der Waals surface area contributed by atoms with Crippen molar-refractivity contribution in [3.05, 3.63) is 59.7 Å². The minimum atomic E-state index is 0.763. The molecular weight excluding hydrogens is 396 g/mol. The predicted octanol–water partition coefficient (Wildman–Crippen LogP) is 7.55. The van der Waals surface area contributed by atoms with E-state index in [2.05, 4.69) is 37.9 Å². The van der Waals surface area contributed by atoms with Crippen LogP contribution in [0.1, 0.15) is 77.3 Å². The molecule has 2 aromatic carbocycles. The van der Waals surface area contributed by atoms with Crippen LogP contribution in [0.5, 0.6) is 11.5 Å². The number of hydrogen-bond donors (Lipinski definition) is 0. The van der Waals surface area contributed by atoms with Crippen LogP contribution in [0.2, 0.25) is 0 Å². The van der Waals surface area contributed by atoms with Crippen molar-refractivity contribution in [2.24, 2.45) is 22.0 Å². The van der Waals surface area contributed by atoms with Crippen LogP contribution in [0.3, 0.4) is 0 Å². The molecule has 0 atom stereocenters. The molecule has 0 spiro atoms. The van der Waals surface area contributed by atoms with E-state index in [0.29, 0.717) is 0 Å². The molecular formula is C28H40N2O2. The van der Waals surface area contributed by atoms with Crippen molar-refractivity contribution >= 4 is 12.4 Å². The first-order valence-corrected chi connectivity index (χ1v) is 12.0. The summed E-state index contributed by atoms with van der Waals surface area (Å²) < 4.78 is 11.6. The molecule has 0 bridgehead atoms. The summed E-state index contributed by atoms with van der Waals surface area (Å²) in [4.78, 5) is 0. The standard InChI is InChI=1S/C28H40N2O2/c1-23(2)9-5-7-19-31-27-15-11-25(12-16-27)21-29-30-22-26-13-17-28(18-14-26)32-20-8-6-10-24(3)4/h11-18,21-24H,5-10,19-20H2,1-4H3/b29-21-,30-22-. The molecule has 0 radical (unpaired) electrons. The van der Waals surface area contributed by atoms with Crippen LogP contribution >= 0.6 is 0 Å². The van der Waals surface area contributed by atoms with Crippen molar-refractivity contribution in [1.29, 1.82) is 0 Å². The van der Waals surface area contributed by atoms with Crippen LogP contribution in [0.4, 0.5) is 0 Å². The predicted molar refractivity (Wildman–Crippen MR) is 136 cm³/mol. The first kappa shape index (κ1) is 25.6. The summed E-state index contributed by atoms with van der Waals surface area (Å²) in [6, 6.07) is 15.9. The Morgan fingerprint density at radius 3 is 1.31 bits per heavy atom. The molecule has 174 valence electrons. The van der Waals surface area contributed by atoms with Gasteiger partial charge in [0.2, 0.25) is 0 Å². The van der Waals surface area contributed by atoms with E-state index in [1.165, 1.54) is 25.7 Å². The van der Waals surface area contributed by atoms with Gasteiger partial charge in [0, 0.05) is 0 Å². The fraction of sp³-hybridized carbons (Fsp3) is 0.500. The van der Waals surface area contributed by atoms with Crippen LogP contribution < -0.4 is 9.47 Å². The highest BCUT2D eigenvalue weighted by atomic mass is 16.5. The van der Waals surface area contributed by atoms with E-state index >= 15 is 0 Å². The van der Waals surface area contributed by atoms with Crippen molar-refractivity contribution in [3.63, 3.8) is 0 Å². The van der Waals surface area contributed by atoms with E-state index in [-0.39, 0.29) is 0 Å². The summed E-state index contributed by atoms with van der Waals surface area (Å²) in [6.07, 6.45) is 10.6. The quantitative estimate of drug-likeness (QED) is 0.164. The summed E-state index contributed by atoms with van der Waals surface area (Å²) in [5, 5.41) is 8.30. The van der Waals surface area contributed by atoms with Crippen LogP contribution in [0.15, 0.2) is 58.7 Å². The molecule has 0 aliphatic carbocycles. The number of ether oxygens (including phenoxy) is 2. The Balaban J connectivity index is 1.68. The number of unbranched alkanes of at least 4 members (excludes halogenated alkanes) is 2. The average Bonchev–Trinajstić information content (AvgIpc) is 2.78. The van der Waals surface area contributed by atoms with Gasteiger partial charge in [-0.25, -0.2) is 0 Å². The van der Waals surface area contributed by atoms with Gasteiger partial charge in [-0.3, -0.25) is 0 Å². The molecule has 0 N–H and O–H groups in total. The molecule has 0 amide bonds. The van der Waals surface area contributed by atoms with E-state index in [1.54, 1.807) is 12.4 Å². The number of benzene rings is 2. The lowest BCUT2D eigenvalue weighted by Gasteiger charge is -2.07. The smallest absolute Gasteiger partial charge is 0.119 e. The van der Waals surface area contributed by atoms with Gasteiger partial charge in [0.05, 0.1) is 25.6 Å². The molecule has 2 rings (SSSR count). The van der Waals surface area contributed by atoms with Crippen molar-refractivity contribution < 1.29 is 9.47 Å². The fourth-order valence-electron chi connectivity index (χ4n) is 3.19. The maximum atomic E-state index is 5.80. The lowest BCUT2D eigenvalue weighted by Crippen LogP contribution is -1.98. The van der Waals surface area contributed by atoms with E-state index in [0.717, 1.165) is 60.5 Å². The zero-order chi connectivity index (χ0) is 23.0. The fourth-order valence-corrected chi connectivity index (χ4v) is 3.19. The first-order valence-electron chi connectivity index (χ1n) is 12.0. The number of nitrogens with zero attached hydrogens (tertiary/aromatic N) is 2. The third-order valence-electron chi connectivity index (χ3n) is 5.13. The minimum Gasteiger partial charge on any atom is -0.494 e. The second kappa shape index (κ2) is 15.2. The van der Waals surface area contributed by atoms with Crippen LogP contribution in [-0.2, 0) is 0 Å². The average molecular weight is 437 g/mol. The summed E-state index contributed by atoms with van der Waals surface area (Å²) in [5.41, 5.74) is 1.99. The van der Waals surface area contributed by atoms with E-state index < -0.39 is 0 Å². The summed E-state index contributed by atoms with van der Waals surface area (Å²) in [7, 11) is 0. The summed E-state index contributed by atoms with van der Waals surface area (Å²) >= 11 is 0. The molecule has 4 nitrogen and oxygen atoms in total. The summed E-state index contributed by atoms with van der Waals surface area (Å²) in [5.74, 6) is 3.33. The Morgan fingerprint density at radius 1 is 0.594 bits per heavy atom. The lowest BCUT2D eigenvalue weighted by molar-refractivity contribution is 0.301. The molecule has 0 unspecified atom stereocenters. The van der Waals surface area contributed by atoms with Crippen molar-refractivity contribution in [1.82, 2.24) is 0 Å². The molecule has 2 aromatic rings. The van der Waals surface area contributed by atoms with Crippen molar-refractivity contribution in [2.75, 3.05) is 13.2 Å². The van der Waals surface area contributed by atoms with Gasteiger partial charge in [-0.05, 0) is 97.2 Å². The number of rotatable bonds is 15. The Labute approximate surface area is 194 Å². The maximum Gasteiger partial charge on any atom is 0.119 e. The van der Waals surface area contributed by atoms with Gasteiger partial charge in [-0.15, -0.1) is 0 Å².